The van der Waals surface area contributed by atoms with Gasteiger partial charge in [-0.1, -0.05) is 24.3 Å². The Morgan fingerprint density at radius 2 is 1.78 bits per heavy atom. The van der Waals surface area contributed by atoms with Crippen molar-refractivity contribution in [3.8, 4) is 0 Å². The van der Waals surface area contributed by atoms with E-state index in [4.69, 9.17) is 14.9 Å². The van der Waals surface area contributed by atoms with Crippen molar-refractivity contribution in [1.82, 2.24) is 0 Å². The molecule has 0 aromatic heterocycles. The molecule has 5 nitrogen and oxygen atoms in total. The summed E-state index contributed by atoms with van der Waals surface area (Å²) in [5.41, 5.74) is 1.45. The fourth-order valence-electron chi connectivity index (χ4n) is 1.53. The zero-order chi connectivity index (χ0) is 13.5. The molecule has 1 atom stereocenters. The molecule has 5 heteroatoms. The van der Waals surface area contributed by atoms with E-state index in [0.717, 1.165) is 5.56 Å². The molecule has 0 amide bonds. The smallest absolute Gasteiger partial charge is 0.320 e. The van der Waals surface area contributed by atoms with Crippen molar-refractivity contribution in [3.63, 3.8) is 0 Å². The summed E-state index contributed by atoms with van der Waals surface area (Å²) < 4.78 is 4.72. The Bertz CT molecular complexity index is 410. The molecule has 0 aliphatic heterocycles. The molecule has 1 aromatic carbocycles. The number of ether oxygens (including phenoxy) is 1. The van der Waals surface area contributed by atoms with E-state index in [1.54, 1.807) is 31.2 Å². The zero-order valence-electron chi connectivity index (χ0n) is 10.1. The number of aliphatic hydroxyl groups excluding tert-OH is 1. The monoisotopic (exact) mass is 252 g/mol. The molecule has 1 aromatic rings. The standard InChI is InChI=1S/C13H16O5/c1-2-18-13(17)11(12(15)16)7-9-3-5-10(8-14)6-4-9/h3-6,11,14H,2,7-8H2,1H3,(H,15,16). The van der Waals surface area contributed by atoms with Gasteiger partial charge in [-0.05, 0) is 24.5 Å². The predicted molar refractivity (Wildman–Crippen MR) is 63.8 cm³/mol. The number of carboxylic acids is 1. The maximum Gasteiger partial charge on any atom is 0.320 e. The molecule has 1 rings (SSSR count). The van der Waals surface area contributed by atoms with Crippen molar-refractivity contribution in [2.75, 3.05) is 6.61 Å². The van der Waals surface area contributed by atoms with Crippen molar-refractivity contribution in [3.05, 3.63) is 35.4 Å². The minimum Gasteiger partial charge on any atom is -0.481 e. The van der Waals surface area contributed by atoms with Crippen LogP contribution < -0.4 is 0 Å². The van der Waals surface area contributed by atoms with Crippen LogP contribution in [0.2, 0.25) is 0 Å². The number of aliphatic hydroxyl groups is 1. The van der Waals surface area contributed by atoms with Crippen LogP contribution in [0, 0.1) is 5.92 Å². The molecular formula is C13H16O5. The van der Waals surface area contributed by atoms with Crippen molar-refractivity contribution < 1.29 is 24.5 Å². The van der Waals surface area contributed by atoms with Gasteiger partial charge in [0.05, 0.1) is 13.2 Å². The van der Waals surface area contributed by atoms with E-state index >= 15 is 0 Å². The Kier molecular flexibility index (Phi) is 5.32. The molecule has 0 heterocycles. The Hall–Kier alpha value is -1.88. The van der Waals surface area contributed by atoms with Gasteiger partial charge in [-0.15, -0.1) is 0 Å². The van der Waals surface area contributed by atoms with Crippen LogP contribution >= 0.6 is 0 Å². The summed E-state index contributed by atoms with van der Waals surface area (Å²) in [5, 5.41) is 17.9. The van der Waals surface area contributed by atoms with Crippen LogP contribution in [0.3, 0.4) is 0 Å². The first-order chi connectivity index (χ1) is 8.58. The normalized spacial score (nSPS) is 11.9. The first-order valence-corrected chi connectivity index (χ1v) is 5.66. The minimum atomic E-state index is -1.19. The van der Waals surface area contributed by atoms with E-state index in [9.17, 15) is 9.59 Å². The second kappa shape index (κ2) is 6.76. The summed E-state index contributed by atoms with van der Waals surface area (Å²) in [6, 6.07) is 6.78. The van der Waals surface area contributed by atoms with Crippen LogP contribution in [-0.4, -0.2) is 28.8 Å². The van der Waals surface area contributed by atoms with E-state index in [-0.39, 0.29) is 19.6 Å². The number of aliphatic carboxylic acids is 1. The van der Waals surface area contributed by atoms with Crippen LogP contribution in [0.5, 0.6) is 0 Å². The molecule has 0 spiro atoms. The SMILES string of the molecule is CCOC(=O)C(Cc1ccc(CO)cc1)C(=O)O. The maximum absolute atomic E-state index is 11.5. The van der Waals surface area contributed by atoms with E-state index in [0.29, 0.717) is 5.56 Å². The summed E-state index contributed by atoms with van der Waals surface area (Å²) in [7, 11) is 0. The van der Waals surface area contributed by atoms with Crippen molar-refractivity contribution in [2.45, 2.75) is 20.0 Å². The van der Waals surface area contributed by atoms with Gasteiger partial charge < -0.3 is 14.9 Å². The number of carbonyl (C=O) groups excluding carboxylic acids is 1. The molecule has 0 bridgehead atoms. The molecule has 0 fully saturated rings. The molecule has 0 radical (unpaired) electrons. The molecule has 0 saturated carbocycles. The van der Waals surface area contributed by atoms with E-state index in [1.165, 1.54) is 0 Å². The fourth-order valence-corrected chi connectivity index (χ4v) is 1.53. The molecule has 0 saturated heterocycles. The Labute approximate surface area is 105 Å². The molecular weight excluding hydrogens is 236 g/mol. The predicted octanol–water partition coefficient (Wildman–Crippen LogP) is 0.985. The maximum atomic E-state index is 11.5. The van der Waals surface area contributed by atoms with Crippen LogP contribution in [-0.2, 0) is 27.4 Å². The second-order valence-corrected chi connectivity index (χ2v) is 3.82. The van der Waals surface area contributed by atoms with Gasteiger partial charge in [0.1, 0.15) is 0 Å². The lowest BCUT2D eigenvalue weighted by Crippen LogP contribution is -2.27. The Morgan fingerprint density at radius 1 is 1.22 bits per heavy atom. The molecule has 98 valence electrons. The largest absolute Gasteiger partial charge is 0.481 e. The third-order valence-corrected chi connectivity index (χ3v) is 2.51. The van der Waals surface area contributed by atoms with Gasteiger partial charge in [0.15, 0.2) is 5.92 Å². The van der Waals surface area contributed by atoms with E-state index in [1.807, 2.05) is 0 Å². The van der Waals surface area contributed by atoms with Crippen molar-refractivity contribution in [1.29, 1.82) is 0 Å². The fraction of sp³-hybridized carbons (Fsp3) is 0.385. The van der Waals surface area contributed by atoms with Crippen LogP contribution in [0.25, 0.3) is 0 Å². The number of carboxylic acid groups (broad SMARTS) is 1. The van der Waals surface area contributed by atoms with E-state index < -0.39 is 17.9 Å². The summed E-state index contributed by atoms with van der Waals surface area (Å²) in [6.07, 6.45) is 0.0832. The number of hydrogen-bond donors (Lipinski definition) is 2. The van der Waals surface area contributed by atoms with Gasteiger partial charge >= 0.3 is 11.9 Å². The number of benzene rings is 1. The molecule has 0 aliphatic rings. The van der Waals surface area contributed by atoms with E-state index in [2.05, 4.69) is 0 Å². The Balaban J connectivity index is 2.76. The highest BCUT2D eigenvalue weighted by molar-refractivity contribution is 5.94. The van der Waals surface area contributed by atoms with Crippen molar-refractivity contribution in [2.24, 2.45) is 5.92 Å². The molecule has 1 unspecified atom stereocenters. The van der Waals surface area contributed by atoms with Crippen molar-refractivity contribution >= 4 is 11.9 Å². The summed E-state index contributed by atoms with van der Waals surface area (Å²) in [6.45, 7) is 1.72. The Morgan fingerprint density at radius 3 is 2.22 bits per heavy atom. The molecule has 2 N–H and O–H groups in total. The highest BCUT2D eigenvalue weighted by Crippen LogP contribution is 2.12. The second-order valence-electron chi connectivity index (χ2n) is 3.82. The zero-order valence-corrected chi connectivity index (χ0v) is 10.1. The van der Waals surface area contributed by atoms with Gasteiger partial charge in [-0.2, -0.15) is 0 Å². The van der Waals surface area contributed by atoms with Gasteiger partial charge in [-0.25, -0.2) is 0 Å². The third-order valence-electron chi connectivity index (χ3n) is 2.51. The van der Waals surface area contributed by atoms with Crippen LogP contribution in [0.4, 0.5) is 0 Å². The average Bonchev–Trinajstić information content (AvgIpc) is 2.36. The number of carbonyl (C=O) groups is 2. The minimum absolute atomic E-state index is 0.0689. The summed E-state index contributed by atoms with van der Waals surface area (Å²) in [4.78, 5) is 22.5. The quantitative estimate of drug-likeness (QED) is 0.582. The summed E-state index contributed by atoms with van der Waals surface area (Å²) >= 11 is 0. The number of hydrogen-bond acceptors (Lipinski definition) is 4. The lowest BCUT2D eigenvalue weighted by Gasteiger charge is -2.11. The average molecular weight is 252 g/mol. The highest BCUT2D eigenvalue weighted by Gasteiger charge is 2.27. The molecule has 0 aliphatic carbocycles. The number of rotatable bonds is 6. The number of esters is 1. The van der Waals surface area contributed by atoms with Gasteiger partial charge in [0.2, 0.25) is 0 Å². The first-order valence-electron chi connectivity index (χ1n) is 5.66. The lowest BCUT2D eigenvalue weighted by atomic mass is 9.99. The van der Waals surface area contributed by atoms with Crippen LogP contribution in [0.1, 0.15) is 18.1 Å². The topological polar surface area (TPSA) is 83.8 Å². The lowest BCUT2D eigenvalue weighted by molar-refractivity contribution is -0.158. The molecule has 18 heavy (non-hydrogen) atoms. The highest BCUT2D eigenvalue weighted by atomic mass is 16.5. The summed E-state index contributed by atoms with van der Waals surface area (Å²) in [5.74, 6) is -3.11. The third kappa shape index (κ3) is 3.85. The first kappa shape index (κ1) is 14.2. The van der Waals surface area contributed by atoms with Crippen LogP contribution in [0.15, 0.2) is 24.3 Å². The van der Waals surface area contributed by atoms with Gasteiger partial charge in [0, 0.05) is 0 Å². The van der Waals surface area contributed by atoms with Gasteiger partial charge in [0.25, 0.3) is 0 Å². The van der Waals surface area contributed by atoms with Gasteiger partial charge in [-0.3, -0.25) is 9.59 Å².